The summed E-state index contributed by atoms with van der Waals surface area (Å²) in [6, 6.07) is 16.4. The lowest BCUT2D eigenvalue weighted by molar-refractivity contribution is -0.151. The van der Waals surface area contributed by atoms with Gasteiger partial charge < -0.3 is 15.2 Å². The van der Waals surface area contributed by atoms with Crippen LogP contribution < -0.4 is 10.1 Å². The van der Waals surface area contributed by atoms with Gasteiger partial charge in [-0.05, 0) is 36.8 Å². The van der Waals surface area contributed by atoms with E-state index in [4.69, 9.17) is 4.74 Å². The van der Waals surface area contributed by atoms with E-state index in [1.165, 1.54) is 11.2 Å². The fraction of sp³-hybridized carbons (Fsp3) is 0.391. The summed E-state index contributed by atoms with van der Waals surface area (Å²) >= 11 is 0. The molecule has 1 saturated heterocycles. The molecule has 1 heterocycles. The number of benzene rings is 2. The predicted octanol–water partition coefficient (Wildman–Crippen LogP) is 1.42. The van der Waals surface area contributed by atoms with Crippen molar-refractivity contribution in [1.29, 1.82) is 0 Å². The van der Waals surface area contributed by atoms with Crippen LogP contribution in [0.15, 0.2) is 54.6 Å². The lowest BCUT2D eigenvalue weighted by Gasteiger charge is -2.42. The molecule has 1 aliphatic rings. The van der Waals surface area contributed by atoms with Crippen molar-refractivity contribution in [2.75, 3.05) is 39.0 Å². The number of carboxylic acid groups (broad SMARTS) is 1. The van der Waals surface area contributed by atoms with Gasteiger partial charge in [0.15, 0.2) is 0 Å². The number of nitrogens with one attached hydrogen (secondary N) is 1. The molecule has 2 aromatic carbocycles. The molecule has 178 valence electrons. The van der Waals surface area contributed by atoms with E-state index < -0.39 is 27.4 Å². The molecule has 0 unspecified atom stereocenters. The molecule has 0 spiro atoms. The van der Waals surface area contributed by atoms with Crippen LogP contribution in [0, 0.1) is 0 Å². The van der Waals surface area contributed by atoms with Crippen LogP contribution in [-0.2, 0) is 21.4 Å². The van der Waals surface area contributed by atoms with Crippen molar-refractivity contribution >= 4 is 21.9 Å². The largest absolute Gasteiger partial charge is 0.489 e. The summed E-state index contributed by atoms with van der Waals surface area (Å²) in [6.45, 7) is 2.77. The highest BCUT2D eigenvalue weighted by molar-refractivity contribution is 7.88. The first-order valence-corrected chi connectivity index (χ1v) is 12.4. The van der Waals surface area contributed by atoms with Crippen molar-refractivity contribution in [3.63, 3.8) is 0 Å². The van der Waals surface area contributed by atoms with Crippen LogP contribution in [0.2, 0.25) is 0 Å². The van der Waals surface area contributed by atoms with E-state index in [0.717, 1.165) is 11.8 Å². The first kappa shape index (κ1) is 24.7. The molecule has 2 N–H and O–H groups in total. The van der Waals surface area contributed by atoms with E-state index in [9.17, 15) is 23.1 Å². The van der Waals surface area contributed by atoms with Gasteiger partial charge in [0, 0.05) is 38.3 Å². The lowest BCUT2D eigenvalue weighted by Crippen LogP contribution is -2.63. The van der Waals surface area contributed by atoms with Crippen molar-refractivity contribution in [1.82, 2.24) is 14.5 Å². The van der Waals surface area contributed by atoms with Crippen LogP contribution in [0.25, 0.3) is 0 Å². The molecule has 0 bridgehead atoms. The number of hydrogen-bond acceptors (Lipinski definition) is 6. The van der Waals surface area contributed by atoms with Crippen LogP contribution in [-0.4, -0.2) is 79.1 Å². The van der Waals surface area contributed by atoms with Crippen molar-refractivity contribution < 1.29 is 27.9 Å². The molecule has 9 nitrogen and oxygen atoms in total. The van der Waals surface area contributed by atoms with Crippen molar-refractivity contribution in [3.05, 3.63) is 65.7 Å². The Morgan fingerprint density at radius 1 is 1.03 bits per heavy atom. The van der Waals surface area contributed by atoms with Crippen LogP contribution >= 0.6 is 0 Å². The van der Waals surface area contributed by atoms with Gasteiger partial charge in [0.05, 0.1) is 6.26 Å². The van der Waals surface area contributed by atoms with Crippen LogP contribution in [0.3, 0.4) is 0 Å². The second-order valence-electron chi connectivity index (χ2n) is 8.21. The standard InChI is InChI=1S/C23H29N3O6S/c1-23(22(28)29,25-12-14-26(15-13-25)33(2,30)31)17-24-21(27)19-8-10-20(11-9-19)32-16-18-6-4-3-5-7-18/h3-11H,12-17H2,1-2H3,(H,24,27)(H,28,29)/t23-/m0/s1. The number of piperazine rings is 1. The van der Waals surface area contributed by atoms with Crippen LogP contribution in [0.4, 0.5) is 0 Å². The fourth-order valence-corrected chi connectivity index (χ4v) is 4.46. The van der Waals surface area contributed by atoms with Crippen molar-refractivity contribution in [2.24, 2.45) is 0 Å². The highest BCUT2D eigenvalue weighted by Crippen LogP contribution is 2.20. The first-order chi connectivity index (χ1) is 15.6. The Labute approximate surface area is 194 Å². The zero-order valence-corrected chi connectivity index (χ0v) is 19.5. The van der Waals surface area contributed by atoms with Crippen LogP contribution in [0.1, 0.15) is 22.8 Å². The van der Waals surface area contributed by atoms with Gasteiger partial charge in [-0.2, -0.15) is 4.31 Å². The number of carbonyl (C=O) groups excluding carboxylic acids is 1. The van der Waals surface area contributed by atoms with Gasteiger partial charge in [-0.3, -0.25) is 14.5 Å². The number of nitrogens with zero attached hydrogens (tertiary/aromatic N) is 2. The molecular weight excluding hydrogens is 446 g/mol. The number of hydrogen-bond donors (Lipinski definition) is 2. The average Bonchev–Trinajstić information content (AvgIpc) is 2.81. The number of carboxylic acids is 1. The lowest BCUT2D eigenvalue weighted by atomic mass is 9.98. The summed E-state index contributed by atoms with van der Waals surface area (Å²) in [6.07, 6.45) is 1.14. The number of sulfonamides is 1. The minimum Gasteiger partial charge on any atom is -0.489 e. The number of rotatable bonds is 9. The van der Waals surface area contributed by atoms with Gasteiger partial charge in [-0.25, -0.2) is 8.42 Å². The molecule has 1 amide bonds. The van der Waals surface area contributed by atoms with E-state index in [-0.39, 0.29) is 32.7 Å². The normalized spacial score (nSPS) is 17.2. The van der Waals surface area contributed by atoms with E-state index in [0.29, 0.717) is 17.9 Å². The molecular formula is C23H29N3O6S. The maximum Gasteiger partial charge on any atom is 0.325 e. The highest BCUT2D eigenvalue weighted by atomic mass is 32.2. The third-order valence-corrected chi connectivity index (χ3v) is 7.13. The fourth-order valence-electron chi connectivity index (χ4n) is 3.63. The number of ether oxygens (including phenoxy) is 1. The monoisotopic (exact) mass is 475 g/mol. The Balaban J connectivity index is 1.56. The molecule has 1 fully saturated rings. The summed E-state index contributed by atoms with van der Waals surface area (Å²) < 4.78 is 30.5. The Hall–Kier alpha value is -2.95. The zero-order chi connectivity index (χ0) is 24.1. The SMILES string of the molecule is C[C@](CNC(=O)c1ccc(OCc2ccccc2)cc1)(C(=O)O)N1CCN(S(C)(=O)=O)CC1. The van der Waals surface area contributed by atoms with E-state index in [1.807, 2.05) is 30.3 Å². The number of aliphatic carboxylic acids is 1. The average molecular weight is 476 g/mol. The third-order valence-electron chi connectivity index (χ3n) is 5.82. The second-order valence-corrected chi connectivity index (χ2v) is 10.2. The summed E-state index contributed by atoms with van der Waals surface area (Å²) in [4.78, 5) is 26.4. The summed E-state index contributed by atoms with van der Waals surface area (Å²) in [5, 5.41) is 12.5. The van der Waals surface area contributed by atoms with Crippen LogP contribution in [0.5, 0.6) is 5.75 Å². The Kier molecular flexibility index (Phi) is 7.72. The molecule has 33 heavy (non-hydrogen) atoms. The molecule has 1 atom stereocenters. The minimum atomic E-state index is -3.32. The van der Waals surface area contributed by atoms with Crippen molar-refractivity contribution in [3.8, 4) is 5.75 Å². The maximum atomic E-state index is 12.6. The minimum absolute atomic E-state index is 0.119. The predicted molar refractivity (Wildman–Crippen MR) is 124 cm³/mol. The van der Waals surface area contributed by atoms with E-state index in [2.05, 4.69) is 5.32 Å². The summed E-state index contributed by atoms with van der Waals surface area (Å²) in [7, 11) is -3.32. The molecule has 0 aliphatic carbocycles. The number of amides is 1. The quantitative estimate of drug-likeness (QED) is 0.563. The Morgan fingerprint density at radius 3 is 2.18 bits per heavy atom. The Bertz CT molecular complexity index is 1070. The third kappa shape index (κ3) is 6.31. The number of carbonyl (C=O) groups is 2. The van der Waals surface area contributed by atoms with Gasteiger partial charge in [0.1, 0.15) is 17.9 Å². The summed E-state index contributed by atoms with van der Waals surface area (Å²) in [5.41, 5.74) is 0.0548. The Morgan fingerprint density at radius 2 is 1.64 bits per heavy atom. The second kappa shape index (κ2) is 10.3. The highest BCUT2D eigenvalue weighted by Gasteiger charge is 2.42. The molecule has 0 radical (unpaired) electrons. The molecule has 10 heteroatoms. The van der Waals surface area contributed by atoms with E-state index in [1.54, 1.807) is 29.2 Å². The van der Waals surface area contributed by atoms with Gasteiger partial charge in [0.2, 0.25) is 10.0 Å². The molecule has 2 aromatic rings. The maximum absolute atomic E-state index is 12.6. The van der Waals surface area contributed by atoms with E-state index >= 15 is 0 Å². The molecule has 1 aliphatic heterocycles. The van der Waals surface area contributed by atoms with Gasteiger partial charge >= 0.3 is 5.97 Å². The molecule has 3 rings (SSSR count). The first-order valence-electron chi connectivity index (χ1n) is 10.6. The summed E-state index contributed by atoms with van der Waals surface area (Å²) in [5.74, 6) is -0.860. The van der Waals surface area contributed by atoms with Crippen molar-refractivity contribution in [2.45, 2.75) is 19.1 Å². The zero-order valence-electron chi connectivity index (χ0n) is 18.7. The topological polar surface area (TPSA) is 116 Å². The molecule has 0 saturated carbocycles. The smallest absolute Gasteiger partial charge is 0.325 e. The van der Waals surface area contributed by atoms with Gasteiger partial charge in [-0.15, -0.1) is 0 Å². The van der Waals surface area contributed by atoms with Gasteiger partial charge in [-0.1, -0.05) is 30.3 Å². The van der Waals surface area contributed by atoms with Gasteiger partial charge in [0.25, 0.3) is 5.91 Å². The molecule has 0 aromatic heterocycles.